The fraction of sp³-hybridized carbons (Fsp3) is 0.222. The van der Waals surface area contributed by atoms with Crippen LogP contribution >= 0.6 is 11.6 Å². The normalized spacial score (nSPS) is 14.7. The quantitative estimate of drug-likeness (QED) is 0.565. The Morgan fingerprint density at radius 1 is 1.16 bits per heavy atom. The van der Waals surface area contributed by atoms with Crippen molar-refractivity contribution in [3.8, 4) is 0 Å². The average Bonchev–Trinajstić information content (AvgIpc) is 3.34. The second-order valence-corrected chi connectivity index (χ2v) is 6.30. The molecule has 4 rings (SSSR count). The molecule has 1 saturated heterocycles. The molecule has 0 saturated carbocycles. The molecule has 3 heterocycles. The minimum atomic E-state index is -0.435. The molecule has 0 aliphatic carbocycles. The summed E-state index contributed by atoms with van der Waals surface area (Å²) in [5.41, 5.74) is 3.03. The third kappa shape index (κ3) is 3.39. The summed E-state index contributed by atoms with van der Waals surface area (Å²) in [6, 6.07) is 10.5. The topological polar surface area (TPSA) is 71.0 Å². The maximum atomic E-state index is 12.1. The van der Waals surface area contributed by atoms with E-state index < -0.39 is 5.91 Å². The van der Waals surface area contributed by atoms with E-state index in [1.54, 1.807) is 24.3 Å². The fourth-order valence-electron chi connectivity index (χ4n) is 2.85. The summed E-state index contributed by atoms with van der Waals surface area (Å²) in [5, 5.41) is 5.28. The molecule has 1 aromatic carbocycles. The minimum Gasteiger partial charge on any atom is -0.451 e. The van der Waals surface area contributed by atoms with Crippen molar-refractivity contribution < 1.29 is 13.6 Å². The molecular weight excluding hydrogens is 342 g/mol. The van der Waals surface area contributed by atoms with Crippen molar-refractivity contribution in [1.82, 2.24) is 5.43 Å². The Morgan fingerprint density at radius 3 is 2.84 bits per heavy atom. The Hall–Kier alpha value is -2.73. The van der Waals surface area contributed by atoms with Crippen LogP contribution in [0.3, 0.4) is 0 Å². The van der Waals surface area contributed by atoms with Gasteiger partial charge in [-0.05, 0) is 43.2 Å². The van der Waals surface area contributed by atoms with Crippen LogP contribution in [0.2, 0.25) is 5.02 Å². The molecule has 6 nitrogen and oxygen atoms in total. The van der Waals surface area contributed by atoms with Crippen LogP contribution in [0.4, 0.5) is 5.88 Å². The number of amides is 1. The molecule has 7 heteroatoms. The third-order valence-corrected chi connectivity index (χ3v) is 4.33. The van der Waals surface area contributed by atoms with Crippen molar-refractivity contribution in [3.05, 3.63) is 52.9 Å². The Kier molecular flexibility index (Phi) is 4.19. The van der Waals surface area contributed by atoms with Crippen LogP contribution in [0.15, 0.2) is 50.3 Å². The molecule has 1 aliphatic rings. The van der Waals surface area contributed by atoms with E-state index in [0.29, 0.717) is 16.4 Å². The number of nitrogens with zero attached hydrogens (tertiary/aromatic N) is 2. The van der Waals surface area contributed by atoms with E-state index >= 15 is 0 Å². The summed E-state index contributed by atoms with van der Waals surface area (Å²) in [6.07, 6.45) is 3.84. The van der Waals surface area contributed by atoms with E-state index in [1.807, 2.05) is 12.1 Å². The second-order valence-electron chi connectivity index (χ2n) is 5.86. The summed E-state index contributed by atoms with van der Waals surface area (Å²) in [5.74, 6) is 1.15. The highest BCUT2D eigenvalue weighted by molar-refractivity contribution is 6.31. The third-order valence-electron chi connectivity index (χ3n) is 4.09. The maximum absolute atomic E-state index is 12.1. The number of hydrazone groups is 1. The lowest BCUT2D eigenvalue weighted by Crippen LogP contribution is -2.17. The van der Waals surface area contributed by atoms with Gasteiger partial charge in [0.25, 0.3) is 0 Å². The van der Waals surface area contributed by atoms with Crippen molar-refractivity contribution in [3.63, 3.8) is 0 Å². The maximum Gasteiger partial charge on any atom is 0.307 e. The molecule has 128 valence electrons. The molecule has 1 aliphatic heterocycles. The van der Waals surface area contributed by atoms with Crippen molar-refractivity contribution >= 4 is 40.6 Å². The molecule has 25 heavy (non-hydrogen) atoms. The predicted molar refractivity (Wildman–Crippen MR) is 96.4 cm³/mol. The molecule has 1 N–H and O–H groups in total. The van der Waals surface area contributed by atoms with Crippen LogP contribution in [-0.4, -0.2) is 25.2 Å². The summed E-state index contributed by atoms with van der Waals surface area (Å²) in [4.78, 5) is 14.3. The Morgan fingerprint density at radius 2 is 2.00 bits per heavy atom. The zero-order chi connectivity index (χ0) is 17.2. The highest BCUT2D eigenvalue weighted by Gasteiger charge is 2.15. The van der Waals surface area contributed by atoms with E-state index in [2.05, 4.69) is 15.4 Å². The fourth-order valence-corrected chi connectivity index (χ4v) is 3.04. The van der Waals surface area contributed by atoms with E-state index in [9.17, 15) is 4.79 Å². The summed E-state index contributed by atoms with van der Waals surface area (Å²) < 4.78 is 11.2. The number of fused-ring (bicyclic) bond motifs is 1. The number of furan rings is 2. The number of hydrogen-bond donors (Lipinski definition) is 1. The van der Waals surface area contributed by atoms with Crippen LogP contribution < -0.4 is 10.3 Å². The zero-order valence-corrected chi connectivity index (χ0v) is 14.1. The number of anilines is 1. The molecule has 2 aromatic heterocycles. The molecule has 0 atom stereocenters. The Bertz CT molecular complexity index is 938. The van der Waals surface area contributed by atoms with Gasteiger partial charge < -0.3 is 13.7 Å². The summed E-state index contributed by atoms with van der Waals surface area (Å²) in [6.45, 7) is 2.02. The molecule has 0 radical (unpaired) electrons. The first kappa shape index (κ1) is 15.8. The van der Waals surface area contributed by atoms with Crippen LogP contribution in [-0.2, 0) is 0 Å². The lowest BCUT2D eigenvalue weighted by molar-refractivity contribution is 0.0929. The van der Waals surface area contributed by atoms with Gasteiger partial charge in [-0.2, -0.15) is 5.10 Å². The average molecular weight is 358 g/mol. The lowest BCUT2D eigenvalue weighted by atomic mass is 10.2. The number of benzene rings is 1. The van der Waals surface area contributed by atoms with Crippen LogP contribution in [0.25, 0.3) is 11.0 Å². The van der Waals surface area contributed by atoms with Crippen LogP contribution in [0.1, 0.15) is 29.2 Å². The van der Waals surface area contributed by atoms with E-state index in [4.69, 9.17) is 20.4 Å². The monoisotopic (exact) mass is 357 g/mol. The molecule has 0 unspecified atom stereocenters. The van der Waals surface area contributed by atoms with E-state index in [0.717, 1.165) is 24.4 Å². The van der Waals surface area contributed by atoms with E-state index in [-0.39, 0.29) is 5.76 Å². The van der Waals surface area contributed by atoms with Gasteiger partial charge in [-0.3, -0.25) is 4.79 Å². The first-order valence-electron chi connectivity index (χ1n) is 8.06. The minimum absolute atomic E-state index is 0.173. The number of hydrogen-bond acceptors (Lipinski definition) is 5. The summed E-state index contributed by atoms with van der Waals surface area (Å²) in [7, 11) is 0. The number of carbonyl (C=O) groups is 1. The number of carbonyl (C=O) groups excluding carboxylic acids is 1. The van der Waals surface area contributed by atoms with Crippen molar-refractivity contribution in [1.29, 1.82) is 0 Å². The SMILES string of the molecule is O=C(N/N=C\c1ccc(N2CCCC2)o1)c1cc2cc(Cl)ccc2o1. The van der Waals surface area contributed by atoms with Crippen LogP contribution in [0.5, 0.6) is 0 Å². The van der Waals surface area contributed by atoms with Gasteiger partial charge in [0.2, 0.25) is 0 Å². The molecule has 1 fully saturated rings. The molecular formula is C18H16ClN3O3. The lowest BCUT2D eigenvalue weighted by Gasteiger charge is -2.12. The standard InChI is InChI=1S/C18H16ClN3O3/c19-13-3-5-15-12(9-13)10-16(25-15)18(23)21-20-11-14-4-6-17(24-14)22-7-1-2-8-22/h3-6,9-11H,1-2,7-8H2,(H,21,23)/b20-11-. The number of nitrogens with one attached hydrogen (secondary N) is 1. The first-order chi connectivity index (χ1) is 12.2. The predicted octanol–water partition coefficient (Wildman–Crippen LogP) is 4.04. The molecule has 3 aromatic rings. The van der Waals surface area contributed by atoms with E-state index in [1.165, 1.54) is 19.1 Å². The van der Waals surface area contributed by atoms with Gasteiger partial charge in [-0.25, -0.2) is 5.43 Å². The van der Waals surface area contributed by atoms with Crippen molar-refractivity contribution in [2.24, 2.45) is 5.10 Å². The van der Waals surface area contributed by atoms with Crippen molar-refractivity contribution in [2.75, 3.05) is 18.0 Å². The van der Waals surface area contributed by atoms with Gasteiger partial charge in [0.15, 0.2) is 11.6 Å². The van der Waals surface area contributed by atoms with Gasteiger partial charge in [-0.1, -0.05) is 11.6 Å². The van der Waals surface area contributed by atoms with Gasteiger partial charge >= 0.3 is 5.91 Å². The van der Waals surface area contributed by atoms with Crippen LogP contribution in [0, 0.1) is 0 Å². The van der Waals surface area contributed by atoms with Crippen molar-refractivity contribution in [2.45, 2.75) is 12.8 Å². The molecule has 0 spiro atoms. The van der Waals surface area contributed by atoms with Gasteiger partial charge in [0, 0.05) is 29.6 Å². The largest absolute Gasteiger partial charge is 0.451 e. The number of rotatable bonds is 4. The Labute approximate surface area is 149 Å². The van der Waals surface area contributed by atoms with Gasteiger partial charge in [-0.15, -0.1) is 0 Å². The van der Waals surface area contributed by atoms with Gasteiger partial charge in [0.1, 0.15) is 11.3 Å². The highest BCUT2D eigenvalue weighted by Crippen LogP contribution is 2.23. The number of halogens is 1. The first-order valence-corrected chi connectivity index (χ1v) is 8.44. The Balaban J connectivity index is 1.41. The molecule has 0 bridgehead atoms. The molecule has 1 amide bonds. The zero-order valence-electron chi connectivity index (χ0n) is 13.4. The summed E-state index contributed by atoms with van der Waals surface area (Å²) >= 11 is 5.93. The second kappa shape index (κ2) is 6.64. The van der Waals surface area contributed by atoms with Gasteiger partial charge in [0.05, 0.1) is 6.21 Å². The highest BCUT2D eigenvalue weighted by atomic mass is 35.5. The smallest absolute Gasteiger partial charge is 0.307 e.